The van der Waals surface area contributed by atoms with Crippen LogP contribution in [0.25, 0.3) is 0 Å². The number of ether oxygens (including phenoxy) is 1. The van der Waals surface area contributed by atoms with Crippen molar-refractivity contribution in [2.75, 3.05) is 13.2 Å². The Balaban J connectivity index is 3.45. The minimum Gasteiger partial charge on any atom is -0.465 e. The Morgan fingerprint density at radius 1 is 0.438 bits per heavy atom. The van der Waals surface area contributed by atoms with E-state index in [-0.39, 0.29) is 18.5 Å². The summed E-state index contributed by atoms with van der Waals surface area (Å²) >= 11 is 0. The van der Waals surface area contributed by atoms with Crippen molar-refractivity contribution >= 4 is 11.9 Å². The van der Waals surface area contributed by atoms with Crippen LogP contribution in [0, 0.1) is 0 Å². The molecule has 0 aromatic carbocycles. The smallest absolute Gasteiger partial charge is 0.305 e. The SMILES string of the molecule is CCCCCCCCCCC/C=C/C(O)C(CO)NC(=O)CCCCCCCCCCCCCCCC/C=C\C/C=C\CCOC(=O)CCCCCCCCCCCCCCCCC. The standard InChI is InChI=1S/C58H109NO5/c1-3-5-7-9-11-13-15-16-24-28-32-36-40-44-48-52-58(63)64-53-49-45-41-37-33-29-26-23-21-19-17-18-20-22-25-27-31-35-39-43-47-51-57(62)59-55(54-60)56(61)50-46-42-38-34-30-14-12-10-8-6-4-2/h29,33,41,45-46,50,55-56,60-61H,3-28,30-32,34-40,42-44,47-49,51-54H2,1-2H3,(H,59,62)/b33-29-,45-41-,50-46+. The lowest BCUT2D eigenvalue weighted by atomic mass is 10.0. The monoisotopic (exact) mass is 900 g/mol. The van der Waals surface area contributed by atoms with Crippen molar-refractivity contribution in [2.45, 2.75) is 309 Å². The molecule has 0 aromatic rings. The van der Waals surface area contributed by atoms with Gasteiger partial charge in [0.15, 0.2) is 0 Å². The number of rotatable bonds is 52. The number of amides is 1. The Kier molecular flexibility index (Phi) is 52.1. The zero-order valence-electron chi connectivity index (χ0n) is 42.8. The normalized spacial score (nSPS) is 12.9. The van der Waals surface area contributed by atoms with E-state index in [2.05, 4.69) is 43.5 Å². The highest BCUT2D eigenvalue weighted by Crippen LogP contribution is 2.16. The van der Waals surface area contributed by atoms with E-state index in [9.17, 15) is 19.8 Å². The summed E-state index contributed by atoms with van der Waals surface area (Å²) in [6.07, 6.45) is 66.1. The lowest BCUT2D eigenvalue weighted by Gasteiger charge is -2.20. The lowest BCUT2D eigenvalue weighted by molar-refractivity contribution is -0.143. The predicted octanol–water partition coefficient (Wildman–Crippen LogP) is 17.2. The number of carbonyl (C=O) groups is 2. The van der Waals surface area contributed by atoms with Crippen LogP contribution in [0.1, 0.15) is 296 Å². The maximum Gasteiger partial charge on any atom is 0.305 e. The van der Waals surface area contributed by atoms with E-state index in [1.54, 1.807) is 6.08 Å². The summed E-state index contributed by atoms with van der Waals surface area (Å²) in [5.74, 6) is -0.107. The number of unbranched alkanes of at least 4 members (excludes halogenated alkanes) is 37. The topological polar surface area (TPSA) is 95.9 Å². The summed E-state index contributed by atoms with van der Waals surface area (Å²) in [5.41, 5.74) is 0. The van der Waals surface area contributed by atoms with Crippen LogP contribution in [-0.2, 0) is 14.3 Å². The highest BCUT2D eigenvalue weighted by molar-refractivity contribution is 5.76. The van der Waals surface area contributed by atoms with E-state index in [1.165, 1.54) is 218 Å². The molecule has 0 aliphatic heterocycles. The van der Waals surface area contributed by atoms with E-state index >= 15 is 0 Å². The van der Waals surface area contributed by atoms with Crippen LogP contribution in [0.15, 0.2) is 36.5 Å². The summed E-state index contributed by atoms with van der Waals surface area (Å²) in [6.45, 7) is 4.79. The lowest BCUT2D eigenvalue weighted by Crippen LogP contribution is -2.45. The molecule has 0 saturated heterocycles. The van der Waals surface area contributed by atoms with Crippen LogP contribution in [0.5, 0.6) is 0 Å². The number of aliphatic hydroxyl groups is 2. The molecule has 2 atom stereocenters. The van der Waals surface area contributed by atoms with Crippen LogP contribution in [-0.4, -0.2) is 47.4 Å². The molecule has 0 aliphatic rings. The third kappa shape index (κ3) is 49.5. The third-order valence-corrected chi connectivity index (χ3v) is 12.9. The fourth-order valence-electron chi connectivity index (χ4n) is 8.59. The number of aliphatic hydroxyl groups excluding tert-OH is 2. The van der Waals surface area contributed by atoms with Crippen LogP contribution < -0.4 is 5.32 Å². The molecule has 64 heavy (non-hydrogen) atoms. The molecule has 0 aromatic heterocycles. The molecule has 2 unspecified atom stereocenters. The quantitative estimate of drug-likeness (QED) is 0.0321. The Hall–Kier alpha value is -1.92. The molecule has 0 heterocycles. The molecule has 0 fully saturated rings. The first-order valence-electron chi connectivity index (χ1n) is 28.3. The van der Waals surface area contributed by atoms with Gasteiger partial charge in [0.05, 0.1) is 25.4 Å². The van der Waals surface area contributed by atoms with E-state index in [1.807, 2.05) is 6.08 Å². The van der Waals surface area contributed by atoms with Crippen LogP contribution in [0.2, 0.25) is 0 Å². The van der Waals surface area contributed by atoms with Gasteiger partial charge < -0.3 is 20.3 Å². The van der Waals surface area contributed by atoms with Gasteiger partial charge in [0.2, 0.25) is 5.91 Å². The van der Waals surface area contributed by atoms with Gasteiger partial charge in [0, 0.05) is 12.8 Å². The van der Waals surface area contributed by atoms with Crippen molar-refractivity contribution in [1.82, 2.24) is 5.32 Å². The van der Waals surface area contributed by atoms with Crippen molar-refractivity contribution in [1.29, 1.82) is 0 Å². The first kappa shape index (κ1) is 62.1. The minimum absolute atomic E-state index is 0.0333. The first-order valence-corrected chi connectivity index (χ1v) is 28.3. The van der Waals surface area contributed by atoms with E-state index < -0.39 is 12.1 Å². The highest BCUT2D eigenvalue weighted by atomic mass is 16.5. The van der Waals surface area contributed by atoms with Crippen molar-refractivity contribution in [2.24, 2.45) is 0 Å². The Morgan fingerprint density at radius 3 is 1.19 bits per heavy atom. The van der Waals surface area contributed by atoms with Gasteiger partial charge in [-0.3, -0.25) is 9.59 Å². The van der Waals surface area contributed by atoms with Crippen molar-refractivity contribution in [3.63, 3.8) is 0 Å². The Morgan fingerprint density at radius 2 is 0.781 bits per heavy atom. The minimum atomic E-state index is -0.846. The molecule has 0 spiro atoms. The van der Waals surface area contributed by atoms with Crippen LogP contribution in [0.4, 0.5) is 0 Å². The molecule has 0 rings (SSSR count). The van der Waals surface area contributed by atoms with Gasteiger partial charge in [-0.05, 0) is 51.4 Å². The molecule has 0 saturated carbocycles. The summed E-state index contributed by atoms with van der Waals surface area (Å²) < 4.78 is 5.42. The first-order chi connectivity index (χ1) is 31.5. The summed E-state index contributed by atoms with van der Waals surface area (Å²) in [7, 11) is 0. The Bertz CT molecular complexity index is 1040. The number of carbonyl (C=O) groups excluding carboxylic acids is 2. The molecule has 1 amide bonds. The van der Waals surface area contributed by atoms with Gasteiger partial charge >= 0.3 is 5.97 Å². The maximum absolute atomic E-state index is 12.4. The van der Waals surface area contributed by atoms with Gasteiger partial charge in [0.25, 0.3) is 0 Å². The largest absolute Gasteiger partial charge is 0.465 e. The Labute approximate surface area is 398 Å². The number of esters is 1. The second-order valence-electron chi connectivity index (χ2n) is 19.3. The number of hydrogen-bond donors (Lipinski definition) is 3. The van der Waals surface area contributed by atoms with Crippen molar-refractivity contribution in [3.05, 3.63) is 36.5 Å². The van der Waals surface area contributed by atoms with Crippen LogP contribution >= 0.6 is 0 Å². The van der Waals surface area contributed by atoms with E-state index in [0.29, 0.717) is 19.4 Å². The summed E-state index contributed by atoms with van der Waals surface area (Å²) in [6, 6.07) is -0.630. The second-order valence-corrected chi connectivity index (χ2v) is 19.3. The highest BCUT2D eigenvalue weighted by Gasteiger charge is 2.18. The summed E-state index contributed by atoms with van der Waals surface area (Å²) in [5, 5.41) is 23.0. The zero-order chi connectivity index (χ0) is 46.5. The van der Waals surface area contributed by atoms with Crippen molar-refractivity contribution < 1.29 is 24.5 Å². The number of nitrogens with one attached hydrogen (secondary N) is 1. The van der Waals surface area contributed by atoms with Gasteiger partial charge in [-0.25, -0.2) is 0 Å². The molecule has 6 heteroatoms. The molecule has 376 valence electrons. The second kappa shape index (κ2) is 53.7. The van der Waals surface area contributed by atoms with Gasteiger partial charge in [-0.15, -0.1) is 0 Å². The molecule has 0 bridgehead atoms. The average molecular weight is 901 g/mol. The molecule has 0 aliphatic carbocycles. The number of hydrogen-bond acceptors (Lipinski definition) is 5. The van der Waals surface area contributed by atoms with Gasteiger partial charge in [-0.2, -0.15) is 0 Å². The average Bonchev–Trinajstić information content (AvgIpc) is 3.29. The zero-order valence-corrected chi connectivity index (χ0v) is 42.8. The van der Waals surface area contributed by atoms with Gasteiger partial charge in [-0.1, -0.05) is 269 Å². The van der Waals surface area contributed by atoms with Crippen LogP contribution in [0.3, 0.4) is 0 Å². The molecular formula is C58H109NO5. The number of allylic oxidation sites excluding steroid dienone is 4. The van der Waals surface area contributed by atoms with E-state index in [4.69, 9.17) is 4.74 Å². The molecule has 0 radical (unpaired) electrons. The third-order valence-electron chi connectivity index (χ3n) is 12.9. The fourth-order valence-corrected chi connectivity index (χ4v) is 8.59. The van der Waals surface area contributed by atoms with Crippen molar-refractivity contribution in [3.8, 4) is 0 Å². The molecule has 3 N–H and O–H groups in total. The maximum atomic E-state index is 12.4. The fraction of sp³-hybridized carbons (Fsp3) is 0.862. The van der Waals surface area contributed by atoms with Gasteiger partial charge in [0.1, 0.15) is 0 Å². The predicted molar refractivity (Wildman–Crippen MR) is 278 cm³/mol. The summed E-state index contributed by atoms with van der Waals surface area (Å²) in [4.78, 5) is 24.4. The molecule has 6 nitrogen and oxygen atoms in total. The molecular weight excluding hydrogens is 791 g/mol. The van der Waals surface area contributed by atoms with E-state index in [0.717, 1.165) is 51.4 Å².